The highest BCUT2D eigenvalue weighted by Crippen LogP contribution is 2.35. The maximum Gasteiger partial charge on any atom is 0.0277 e. The average molecular weight is 161 g/mol. The molecule has 1 aliphatic carbocycles. The number of rotatable bonds is 1. The van der Waals surface area contributed by atoms with Crippen LogP contribution in [0.4, 0.5) is 0 Å². The molecule has 0 spiro atoms. The van der Waals surface area contributed by atoms with E-state index in [0.29, 0.717) is 5.41 Å². The standard InChI is InChI=1S/C9H17Cl/c1-9(8-10)6-4-2-3-5-7-9/h2-8H2,1H3. The predicted molar refractivity (Wildman–Crippen MR) is 46.5 cm³/mol. The van der Waals surface area contributed by atoms with Gasteiger partial charge >= 0.3 is 0 Å². The van der Waals surface area contributed by atoms with Gasteiger partial charge in [-0.2, -0.15) is 0 Å². The molecule has 0 heterocycles. The molecule has 0 nitrogen and oxygen atoms in total. The lowest BCUT2D eigenvalue weighted by Crippen LogP contribution is -2.16. The summed E-state index contributed by atoms with van der Waals surface area (Å²) in [5.74, 6) is 0.854. The second-order valence-electron chi connectivity index (χ2n) is 3.86. The quantitative estimate of drug-likeness (QED) is 0.406. The van der Waals surface area contributed by atoms with E-state index in [1.807, 2.05) is 0 Å². The molecule has 1 heteroatoms. The van der Waals surface area contributed by atoms with Crippen LogP contribution in [0.5, 0.6) is 0 Å². The van der Waals surface area contributed by atoms with Gasteiger partial charge in [-0.1, -0.05) is 32.6 Å². The molecule has 0 aromatic carbocycles. The van der Waals surface area contributed by atoms with E-state index >= 15 is 0 Å². The van der Waals surface area contributed by atoms with Crippen molar-refractivity contribution in [1.29, 1.82) is 0 Å². The third kappa shape index (κ3) is 2.16. The Morgan fingerprint density at radius 2 is 1.60 bits per heavy atom. The van der Waals surface area contributed by atoms with Gasteiger partial charge in [-0.15, -0.1) is 11.6 Å². The summed E-state index contributed by atoms with van der Waals surface area (Å²) in [5.41, 5.74) is 0.470. The molecule has 1 saturated carbocycles. The molecule has 0 aliphatic heterocycles. The molecule has 0 aromatic heterocycles. The number of hydrogen-bond acceptors (Lipinski definition) is 0. The van der Waals surface area contributed by atoms with E-state index in [1.54, 1.807) is 0 Å². The monoisotopic (exact) mass is 160 g/mol. The van der Waals surface area contributed by atoms with Gasteiger partial charge in [-0.25, -0.2) is 0 Å². The van der Waals surface area contributed by atoms with Crippen LogP contribution in [0.2, 0.25) is 0 Å². The highest BCUT2D eigenvalue weighted by atomic mass is 35.5. The summed E-state index contributed by atoms with van der Waals surface area (Å²) in [7, 11) is 0. The van der Waals surface area contributed by atoms with Crippen LogP contribution in [0.3, 0.4) is 0 Å². The first-order chi connectivity index (χ1) is 4.77. The summed E-state index contributed by atoms with van der Waals surface area (Å²) in [6.07, 6.45) is 8.32. The van der Waals surface area contributed by atoms with E-state index in [1.165, 1.54) is 38.5 Å². The van der Waals surface area contributed by atoms with Gasteiger partial charge in [0.05, 0.1) is 0 Å². The van der Waals surface area contributed by atoms with Crippen molar-refractivity contribution in [2.45, 2.75) is 45.4 Å². The highest BCUT2D eigenvalue weighted by Gasteiger charge is 2.23. The number of halogens is 1. The summed E-state index contributed by atoms with van der Waals surface area (Å²) < 4.78 is 0. The Labute approximate surface area is 69.0 Å². The van der Waals surface area contributed by atoms with Crippen LogP contribution in [0.1, 0.15) is 45.4 Å². The van der Waals surface area contributed by atoms with E-state index in [0.717, 1.165) is 5.88 Å². The van der Waals surface area contributed by atoms with Crippen LogP contribution >= 0.6 is 11.6 Å². The Hall–Kier alpha value is 0.290. The maximum atomic E-state index is 5.89. The zero-order chi connectivity index (χ0) is 7.45. The van der Waals surface area contributed by atoms with Crippen molar-refractivity contribution in [1.82, 2.24) is 0 Å². The van der Waals surface area contributed by atoms with E-state index in [2.05, 4.69) is 6.92 Å². The highest BCUT2D eigenvalue weighted by molar-refractivity contribution is 6.18. The lowest BCUT2D eigenvalue weighted by atomic mass is 9.85. The zero-order valence-electron chi connectivity index (χ0n) is 6.83. The van der Waals surface area contributed by atoms with E-state index in [4.69, 9.17) is 11.6 Å². The smallest absolute Gasteiger partial charge is 0.0277 e. The van der Waals surface area contributed by atoms with Crippen LogP contribution in [0, 0.1) is 5.41 Å². The molecule has 0 bridgehead atoms. The molecular weight excluding hydrogens is 144 g/mol. The molecule has 0 atom stereocenters. The zero-order valence-corrected chi connectivity index (χ0v) is 7.58. The normalized spacial score (nSPS) is 25.8. The van der Waals surface area contributed by atoms with Gasteiger partial charge in [-0.05, 0) is 18.3 Å². The second-order valence-corrected chi connectivity index (χ2v) is 4.13. The van der Waals surface area contributed by atoms with Crippen molar-refractivity contribution < 1.29 is 0 Å². The molecule has 0 N–H and O–H groups in total. The van der Waals surface area contributed by atoms with Gasteiger partial charge in [0.15, 0.2) is 0 Å². The molecule has 0 radical (unpaired) electrons. The Morgan fingerprint density at radius 3 is 2.00 bits per heavy atom. The van der Waals surface area contributed by atoms with Gasteiger partial charge in [0, 0.05) is 5.88 Å². The number of hydrogen-bond donors (Lipinski definition) is 0. The van der Waals surface area contributed by atoms with Crippen molar-refractivity contribution in [2.75, 3.05) is 5.88 Å². The van der Waals surface area contributed by atoms with Gasteiger partial charge in [0.1, 0.15) is 0 Å². The summed E-state index contributed by atoms with van der Waals surface area (Å²) in [4.78, 5) is 0. The molecule has 0 amide bonds. The molecule has 60 valence electrons. The molecule has 1 rings (SSSR count). The number of alkyl halides is 1. The van der Waals surface area contributed by atoms with E-state index in [9.17, 15) is 0 Å². The summed E-state index contributed by atoms with van der Waals surface area (Å²) in [6.45, 7) is 2.32. The fourth-order valence-corrected chi connectivity index (χ4v) is 1.98. The Morgan fingerprint density at radius 1 is 1.10 bits per heavy atom. The fourth-order valence-electron chi connectivity index (χ4n) is 1.72. The minimum Gasteiger partial charge on any atom is -0.126 e. The first-order valence-corrected chi connectivity index (χ1v) is 4.86. The van der Waals surface area contributed by atoms with Crippen molar-refractivity contribution >= 4 is 11.6 Å². The molecule has 1 fully saturated rings. The first-order valence-electron chi connectivity index (χ1n) is 4.33. The Kier molecular flexibility index (Phi) is 3.03. The molecule has 10 heavy (non-hydrogen) atoms. The van der Waals surface area contributed by atoms with Crippen molar-refractivity contribution in [3.8, 4) is 0 Å². The molecular formula is C9H17Cl. The van der Waals surface area contributed by atoms with Crippen LogP contribution in [-0.2, 0) is 0 Å². The molecule has 0 aromatic rings. The molecule has 0 saturated heterocycles. The minimum absolute atomic E-state index is 0.470. The Bertz CT molecular complexity index is 90.9. The van der Waals surface area contributed by atoms with E-state index < -0.39 is 0 Å². The van der Waals surface area contributed by atoms with Crippen LogP contribution in [0.25, 0.3) is 0 Å². The van der Waals surface area contributed by atoms with Crippen molar-refractivity contribution in [3.63, 3.8) is 0 Å². The van der Waals surface area contributed by atoms with Gasteiger partial charge < -0.3 is 0 Å². The van der Waals surface area contributed by atoms with Crippen LogP contribution in [0.15, 0.2) is 0 Å². The van der Waals surface area contributed by atoms with Crippen LogP contribution < -0.4 is 0 Å². The van der Waals surface area contributed by atoms with Gasteiger partial charge in [-0.3, -0.25) is 0 Å². The molecule has 0 unspecified atom stereocenters. The third-order valence-corrected chi connectivity index (χ3v) is 3.28. The topological polar surface area (TPSA) is 0 Å². The lowest BCUT2D eigenvalue weighted by Gasteiger charge is -2.24. The summed E-state index contributed by atoms with van der Waals surface area (Å²) in [6, 6.07) is 0. The van der Waals surface area contributed by atoms with Crippen molar-refractivity contribution in [2.24, 2.45) is 5.41 Å². The largest absolute Gasteiger partial charge is 0.126 e. The maximum absolute atomic E-state index is 5.89. The lowest BCUT2D eigenvalue weighted by molar-refractivity contribution is 0.320. The summed E-state index contributed by atoms with van der Waals surface area (Å²) >= 11 is 5.89. The van der Waals surface area contributed by atoms with Gasteiger partial charge in [0.25, 0.3) is 0 Å². The SMILES string of the molecule is CC1(CCl)CCCCCC1. The first kappa shape index (κ1) is 8.39. The van der Waals surface area contributed by atoms with Crippen molar-refractivity contribution in [3.05, 3.63) is 0 Å². The molecule has 1 aliphatic rings. The minimum atomic E-state index is 0.470. The Balaban J connectivity index is 2.41. The second kappa shape index (κ2) is 3.61. The average Bonchev–Trinajstić information content (AvgIpc) is 2.15. The summed E-state index contributed by atoms with van der Waals surface area (Å²) in [5, 5.41) is 0. The van der Waals surface area contributed by atoms with E-state index in [-0.39, 0.29) is 0 Å². The fraction of sp³-hybridized carbons (Fsp3) is 1.00. The van der Waals surface area contributed by atoms with Crippen LogP contribution in [-0.4, -0.2) is 5.88 Å². The third-order valence-electron chi connectivity index (χ3n) is 2.63. The predicted octanol–water partition coefficient (Wildman–Crippen LogP) is 3.59. The van der Waals surface area contributed by atoms with Gasteiger partial charge in [0.2, 0.25) is 0 Å².